The first-order valence-corrected chi connectivity index (χ1v) is 10.6. The van der Waals surface area contributed by atoms with Crippen molar-refractivity contribution in [3.05, 3.63) is 39.3 Å². The highest BCUT2D eigenvalue weighted by Crippen LogP contribution is 2.35. The third kappa shape index (κ3) is 2.99. The fourth-order valence-electron chi connectivity index (χ4n) is 3.30. The number of rotatable bonds is 7. The second-order valence-corrected chi connectivity index (χ2v) is 8.27. The average molecular weight is 389 g/mol. The van der Waals surface area contributed by atoms with E-state index in [0.29, 0.717) is 17.5 Å². The van der Waals surface area contributed by atoms with Crippen LogP contribution in [0.4, 0.5) is 0 Å². The Morgan fingerprint density at radius 1 is 1.38 bits per heavy atom. The Morgan fingerprint density at radius 3 is 3.08 bits per heavy atom. The molecule has 0 aromatic carbocycles. The van der Waals surface area contributed by atoms with Crippen molar-refractivity contribution in [3.63, 3.8) is 0 Å². The summed E-state index contributed by atoms with van der Waals surface area (Å²) in [7, 11) is 0. The molecule has 9 heteroatoms. The molecule has 0 amide bonds. The summed E-state index contributed by atoms with van der Waals surface area (Å²) in [6.45, 7) is 7.12. The van der Waals surface area contributed by atoms with E-state index >= 15 is 0 Å². The van der Waals surface area contributed by atoms with E-state index in [2.05, 4.69) is 29.0 Å². The SMILES string of the molecule is C=CCn1c(SCc2nnnn2CCC)nc2sc3c(c2c1=O)CCC3. The van der Waals surface area contributed by atoms with Gasteiger partial charge in [-0.3, -0.25) is 9.36 Å². The Kier molecular flexibility index (Phi) is 4.90. The standard InChI is InChI=1S/C17H20N6OS2/c1-3-8-22-16(24)14-11-6-5-7-12(11)26-15(14)18-17(22)25-10-13-19-20-21-23(13)9-4-2/h3H,1,4-10H2,2H3. The van der Waals surface area contributed by atoms with E-state index < -0.39 is 0 Å². The van der Waals surface area contributed by atoms with Crippen LogP contribution in [0.15, 0.2) is 22.6 Å². The lowest BCUT2D eigenvalue weighted by atomic mass is 10.2. The molecule has 3 heterocycles. The highest BCUT2D eigenvalue weighted by atomic mass is 32.2. The number of thiophene rings is 1. The molecular weight excluding hydrogens is 368 g/mol. The molecule has 0 saturated heterocycles. The van der Waals surface area contributed by atoms with Gasteiger partial charge in [0.1, 0.15) is 4.83 Å². The van der Waals surface area contributed by atoms with Crippen LogP contribution in [0.3, 0.4) is 0 Å². The predicted molar refractivity (Wildman–Crippen MR) is 104 cm³/mol. The van der Waals surface area contributed by atoms with E-state index in [-0.39, 0.29) is 5.56 Å². The number of thioether (sulfide) groups is 1. The minimum atomic E-state index is 0.0463. The Balaban J connectivity index is 1.72. The topological polar surface area (TPSA) is 78.5 Å². The molecule has 26 heavy (non-hydrogen) atoms. The van der Waals surface area contributed by atoms with Crippen molar-refractivity contribution < 1.29 is 0 Å². The molecule has 0 fully saturated rings. The molecule has 0 N–H and O–H groups in total. The molecule has 0 saturated carbocycles. The van der Waals surface area contributed by atoms with Gasteiger partial charge >= 0.3 is 0 Å². The number of allylic oxidation sites excluding steroid dienone is 1. The Hall–Kier alpha value is -2.00. The highest BCUT2D eigenvalue weighted by Gasteiger charge is 2.23. The van der Waals surface area contributed by atoms with Gasteiger partial charge in [0.05, 0.1) is 11.1 Å². The Bertz CT molecular complexity index is 1020. The van der Waals surface area contributed by atoms with E-state index in [1.807, 2.05) is 0 Å². The first-order chi connectivity index (χ1) is 12.7. The number of tetrazole rings is 1. The molecule has 0 radical (unpaired) electrons. The summed E-state index contributed by atoms with van der Waals surface area (Å²) < 4.78 is 3.53. The van der Waals surface area contributed by atoms with Gasteiger partial charge in [0.25, 0.3) is 5.56 Å². The lowest BCUT2D eigenvalue weighted by molar-refractivity contribution is 0.564. The van der Waals surface area contributed by atoms with E-state index in [1.165, 1.54) is 22.2 Å². The lowest BCUT2D eigenvalue weighted by Gasteiger charge is -2.10. The maximum atomic E-state index is 13.1. The first-order valence-electron chi connectivity index (χ1n) is 8.76. The minimum absolute atomic E-state index is 0.0463. The van der Waals surface area contributed by atoms with Crippen LogP contribution in [0.5, 0.6) is 0 Å². The van der Waals surface area contributed by atoms with Crippen molar-refractivity contribution >= 4 is 33.3 Å². The zero-order valence-corrected chi connectivity index (χ0v) is 16.3. The largest absolute Gasteiger partial charge is 0.283 e. The third-order valence-corrected chi connectivity index (χ3v) is 6.63. The molecule has 0 unspecified atom stereocenters. The molecule has 1 aliphatic carbocycles. The summed E-state index contributed by atoms with van der Waals surface area (Å²) in [5.41, 5.74) is 1.26. The van der Waals surface area contributed by atoms with Gasteiger partial charge in [-0.2, -0.15) is 0 Å². The molecule has 0 bridgehead atoms. The van der Waals surface area contributed by atoms with Crippen LogP contribution in [0, 0.1) is 0 Å². The summed E-state index contributed by atoms with van der Waals surface area (Å²) in [5.74, 6) is 1.37. The number of aromatic nitrogens is 6. The van der Waals surface area contributed by atoms with E-state index in [9.17, 15) is 4.79 Å². The molecule has 4 rings (SSSR count). The monoisotopic (exact) mass is 388 g/mol. The average Bonchev–Trinajstić information content (AvgIpc) is 3.32. The summed E-state index contributed by atoms with van der Waals surface area (Å²) in [6, 6.07) is 0. The molecule has 0 atom stereocenters. The number of nitrogens with zero attached hydrogens (tertiary/aromatic N) is 6. The van der Waals surface area contributed by atoms with Gasteiger partial charge in [0, 0.05) is 18.0 Å². The fourth-order valence-corrected chi connectivity index (χ4v) is 5.54. The molecule has 3 aromatic rings. The van der Waals surface area contributed by atoms with Crippen molar-refractivity contribution in [1.82, 2.24) is 29.8 Å². The molecule has 3 aromatic heterocycles. The van der Waals surface area contributed by atoms with Gasteiger partial charge in [0.2, 0.25) is 0 Å². The summed E-state index contributed by atoms with van der Waals surface area (Å²) >= 11 is 3.17. The van der Waals surface area contributed by atoms with E-state index in [1.54, 1.807) is 26.7 Å². The van der Waals surface area contributed by atoms with Crippen molar-refractivity contribution in [3.8, 4) is 0 Å². The van der Waals surface area contributed by atoms with Crippen LogP contribution in [-0.4, -0.2) is 29.8 Å². The van der Waals surface area contributed by atoms with Crippen molar-refractivity contribution in [2.45, 2.75) is 56.6 Å². The first kappa shape index (κ1) is 17.4. The maximum Gasteiger partial charge on any atom is 0.263 e. The molecule has 0 spiro atoms. The molecule has 136 valence electrons. The predicted octanol–water partition coefficient (Wildman–Crippen LogP) is 2.82. The zero-order valence-electron chi connectivity index (χ0n) is 14.6. The number of fused-ring (bicyclic) bond motifs is 3. The summed E-state index contributed by atoms with van der Waals surface area (Å²) in [6.07, 6.45) is 5.89. The summed E-state index contributed by atoms with van der Waals surface area (Å²) in [5, 5.41) is 13.4. The molecule has 1 aliphatic rings. The highest BCUT2D eigenvalue weighted by molar-refractivity contribution is 7.98. The normalized spacial score (nSPS) is 13.4. The van der Waals surface area contributed by atoms with Gasteiger partial charge in [-0.15, -0.1) is 23.0 Å². The third-order valence-electron chi connectivity index (χ3n) is 4.47. The molecule has 7 nitrogen and oxygen atoms in total. The van der Waals surface area contributed by atoms with Crippen LogP contribution >= 0.6 is 23.1 Å². The maximum absolute atomic E-state index is 13.1. The van der Waals surface area contributed by atoms with E-state index in [4.69, 9.17) is 4.98 Å². The van der Waals surface area contributed by atoms with Gasteiger partial charge < -0.3 is 0 Å². The fraction of sp³-hybridized carbons (Fsp3) is 0.471. The number of aryl methyl sites for hydroxylation is 3. The van der Waals surface area contributed by atoms with Crippen molar-refractivity contribution in [2.24, 2.45) is 0 Å². The van der Waals surface area contributed by atoms with E-state index in [0.717, 1.165) is 48.3 Å². The molecule has 0 aliphatic heterocycles. The summed E-state index contributed by atoms with van der Waals surface area (Å²) in [4.78, 5) is 20.1. The van der Waals surface area contributed by atoms with Crippen LogP contribution in [0.1, 0.15) is 36.0 Å². The van der Waals surface area contributed by atoms with Crippen molar-refractivity contribution in [2.75, 3.05) is 0 Å². The van der Waals surface area contributed by atoms with Crippen LogP contribution in [0.2, 0.25) is 0 Å². The zero-order chi connectivity index (χ0) is 18.1. The van der Waals surface area contributed by atoms with Gasteiger partial charge in [-0.05, 0) is 41.7 Å². The van der Waals surface area contributed by atoms with Crippen molar-refractivity contribution in [1.29, 1.82) is 0 Å². The van der Waals surface area contributed by atoms with Gasteiger partial charge in [0.15, 0.2) is 11.0 Å². The van der Waals surface area contributed by atoms with Crippen LogP contribution < -0.4 is 5.56 Å². The van der Waals surface area contributed by atoms with Crippen LogP contribution in [-0.2, 0) is 31.7 Å². The second kappa shape index (κ2) is 7.32. The second-order valence-electron chi connectivity index (χ2n) is 6.24. The van der Waals surface area contributed by atoms with Gasteiger partial charge in [-0.1, -0.05) is 24.8 Å². The minimum Gasteiger partial charge on any atom is -0.283 e. The Labute approximate surface area is 159 Å². The molecular formula is C17H20N6OS2. The quantitative estimate of drug-likeness (QED) is 0.352. The van der Waals surface area contributed by atoms with Crippen LogP contribution in [0.25, 0.3) is 10.2 Å². The number of hydrogen-bond donors (Lipinski definition) is 0. The Morgan fingerprint density at radius 2 is 2.27 bits per heavy atom. The van der Waals surface area contributed by atoms with Gasteiger partial charge in [-0.25, -0.2) is 9.67 Å². The smallest absolute Gasteiger partial charge is 0.263 e. The lowest BCUT2D eigenvalue weighted by Crippen LogP contribution is -2.23. The number of hydrogen-bond acceptors (Lipinski definition) is 7.